The van der Waals surface area contributed by atoms with Crippen LogP contribution in [-0.4, -0.2) is 80.1 Å². The van der Waals surface area contributed by atoms with Crippen molar-refractivity contribution >= 4 is 18.0 Å². The van der Waals surface area contributed by atoms with Crippen LogP contribution in [0.1, 0.15) is 23.5 Å². The number of nitrogens with zero attached hydrogens (tertiary/aromatic N) is 1. The molecule has 0 bridgehead atoms. The molecule has 2 amide bonds. The van der Waals surface area contributed by atoms with E-state index < -0.39 is 30.1 Å². The van der Waals surface area contributed by atoms with Gasteiger partial charge in [-0.3, -0.25) is 4.79 Å². The van der Waals surface area contributed by atoms with Gasteiger partial charge in [-0.15, -0.1) is 0 Å². The number of ether oxygens (including phenoxy) is 3. The van der Waals surface area contributed by atoms with E-state index in [2.05, 4.69) is 17.4 Å². The van der Waals surface area contributed by atoms with Crippen molar-refractivity contribution in [2.24, 2.45) is 0 Å². The second-order valence-electron chi connectivity index (χ2n) is 8.23. The number of methoxy groups -OCH3 is 1. The molecule has 2 aromatic rings. The molecule has 2 N–H and O–H groups in total. The van der Waals surface area contributed by atoms with Gasteiger partial charge in [0.2, 0.25) is 0 Å². The Kier molecular flexibility index (Phi) is 7.44. The highest BCUT2D eigenvalue weighted by atomic mass is 16.5. The van der Waals surface area contributed by atoms with Crippen molar-refractivity contribution in [3.63, 3.8) is 0 Å². The first-order valence-corrected chi connectivity index (χ1v) is 11.2. The predicted octanol–water partition coefficient (Wildman–Crippen LogP) is 2.24. The molecule has 34 heavy (non-hydrogen) atoms. The molecule has 0 saturated carbocycles. The Labute approximate surface area is 197 Å². The van der Waals surface area contributed by atoms with Gasteiger partial charge >= 0.3 is 12.1 Å². The summed E-state index contributed by atoms with van der Waals surface area (Å²) in [5, 5.41) is 12.0. The standard InChI is InChI=1S/C25H28N2O7/c1-32-22(23(28)27-12-13-33-15-21(27)24(29)30)10-11-26-25(31)34-14-20-18-8-4-2-6-16(18)17-7-3-5-9-19(17)20/h2-9,20-22H,10-15H2,1H3,(H,26,31)(H,29,30). The molecular weight excluding hydrogens is 440 g/mol. The molecule has 1 saturated heterocycles. The zero-order chi connectivity index (χ0) is 24.1. The highest BCUT2D eigenvalue weighted by Crippen LogP contribution is 2.44. The van der Waals surface area contributed by atoms with Crippen LogP contribution in [0.5, 0.6) is 0 Å². The summed E-state index contributed by atoms with van der Waals surface area (Å²) in [4.78, 5) is 37.8. The zero-order valence-electron chi connectivity index (χ0n) is 18.9. The van der Waals surface area contributed by atoms with Crippen LogP contribution in [0.4, 0.5) is 4.79 Å². The van der Waals surface area contributed by atoms with Gasteiger partial charge in [0.05, 0.1) is 13.2 Å². The molecule has 2 unspecified atom stereocenters. The summed E-state index contributed by atoms with van der Waals surface area (Å²) < 4.78 is 16.0. The van der Waals surface area contributed by atoms with Crippen molar-refractivity contribution < 1.29 is 33.7 Å². The second-order valence-corrected chi connectivity index (χ2v) is 8.23. The number of hydrogen-bond donors (Lipinski definition) is 2. The van der Waals surface area contributed by atoms with Gasteiger partial charge in [0.1, 0.15) is 12.7 Å². The minimum Gasteiger partial charge on any atom is -0.480 e. The predicted molar refractivity (Wildman–Crippen MR) is 122 cm³/mol. The van der Waals surface area contributed by atoms with Crippen LogP contribution < -0.4 is 5.32 Å². The molecule has 9 nitrogen and oxygen atoms in total. The molecule has 1 aliphatic carbocycles. The molecular formula is C25H28N2O7. The highest BCUT2D eigenvalue weighted by molar-refractivity contribution is 5.86. The fourth-order valence-corrected chi connectivity index (χ4v) is 4.55. The fourth-order valence-electron chi connectivity index (χ4n) is 4.55. The van der Waals surface area contributed by atoms with E-state index in [1.807, 2.05) is 36.4 Å². The molecule has 0 aromatic heterocycles. The number of carboxylic acids is 1. The molecule has 0 spiro atoms. The fraction of sp³-hybridized carbons (Fsp3) is 0.400. The van der Waals surface area contributed by atoms with Crippen LogP contribution in [0.2, 0.25) is 0 Å². The Bertz CT molecular complexity index is 1010. The number of carbonyl (C=O) groups is 3. The van der Waals surface area contributed by atoms with Gasteiger partial charge in [-0.05, 0) is 22.3 Å². The Morgan fingerprint density at radius 3 is 2.38 bits per heavy atom. The number of alkyl carbamates (subject to hydrolysis) is 1. The Hall–Kier alpha value is -3.43. The molecule has 0 radical (unpaired) electrons. The Morgan fingerprint density at radius 2 is 1.76 bits per heavy atom. The average molecular weight is 469 g/mol. The van der Waals surface area contributed by atoms with E-state index in [4.69, 9.17) is 14.2 Å². The lowest BCUT2D eigenvalue weighted by molar-refractivity contribution is -0.163. The first kappa shape index (κ1) is 23.7. The number of hydrogen-bond acceptors (Lipinski definition) is 6. The summed E-state index contributed by atoms with van der Waals surface area (Å²) in [6.45, 7) is 0.721. The number of benzene rings is 2. The van der Waals surface area contributed by atoms with Crippen molar-refractivity contribution in [1.82, 2.24) is 10.2 Å². The van der Waals surface area contributed by atoms with Gasteiger partial charge in [-0.2, -0.15) is 0 Å². The van der Waals surface area contributed by atoms with Crippen LogP contribution in [0.15, 0.2) is 48.5 Å². The molecule has 1 fully saturated rings. The summed E-state index contributed by atoms with van der Waals surface area (Å²) in [7, 11) is 1.38. The lowest BCUT2D eigenvalue weighted by Gasteiger charge is -2.34. The van der Waals surface area contributed by atoms with E-state index in [1.165, 1.54) is 12.0 Å². The zero-order valence-corrected chi connectivity index (χ0v) is 18.9. The van der Waals surface area contributed by atoms with Crippen LogP contribution in [0, 0.1) is 0 Å². The van der Waals surface area contributed by atoms with Gasteiger partial charge in [0.15, 0.2) is 6.04 Å². The van der Waals surface area contributed by atoms with E-state index in [-0.39, 0.29) is 45.2 Å². The maximum atomic E-state index is 12.8. The van der Waals surface area contributed by atoms with Gasteiger partial charge in [0.25, 0.3) is 5.91 Å². The van der Waals surface area contributed by atoms with Crippen molar-refractivity contribution in [1.29, 1.82) is 0 Å². The maximum Gasteiger partial charge on any atom is 0.407 e. The van der Waals surface area contributed by atoms with Gasteiger partial charge in [0, 0.05) is 32.5 Å². The third-order valence-electron chi connectivity index (χ3n) is 6.28. The summed E-state index contributed by atoms with van der Waals surface area (Å²) in [6.07, 6.45) is -1.28. The number of nitrogens with one attached hydrogen (secondary N) is 1. The summed E-state index contributed by atoms with van der Waals surface area (Å²) in [6, 6.07) is 15.1. The van der Waals surface area contributed by atoms with Crippen molar-refractivity contribution in [3.8, 4) is 11.1 Å². The van der Waals surface area contributed by atoms with E-state index in [9.17, 15) is 19.5 Å². The summed E-state index contributed by atoms with van der Waals surface area (Å²) in [5.74, 6) is -1.60. The van der Waals surface area contributed by atoms with Crippen molar-refractivity contribution in [3.05, 3.63) is 59.7 Å². The Balaban J connectivity index is 1.29. The minimum absolute atomic E-state index is 0.0410. The molecule has 1 heterocycles. The number of carbonyl (C=O) groups excluding carboxylic acids is 2. The van der Waals surface area contributed by atoms with Gasteiger partial charge in [-0.25, -0.2) is 9.59 Å². The van der Waals surface area contributed by atoms with Gasteiger partial charge in [-0.1, -0.05) is 48.5 Å². The van der Waals surface area contributed by atoms with Gasteiger partial charge < -0.3 is 29.5 Å². The lowest BCUT2D eigenvalue weighted by Crippen LogP contribution is -2.55. The smallest absolute Gasteiger partial charge is 0.407 e. The van der Waals surface area contributed by atoms with Crippen LogP contribution in [0.25, 0.3) is 11.1 Å². The monoisotopic (exact) mass is 468 g/mol. The number of rotatable bonds is 8. The highest BCUT2D eigenvalue weighted by Gasteiger charge is 2.36. The van der Waals surface area contributed by atoms with E-state index >= 15 is 0 Å². The molecule has 180 valence electrons. The number of fused-ring (bicyclic) bond motifs is 3. The normalized spacial score (nSPS) is 18.0. The van der Waals surface area contributed by atoms with Crippen LogP contribution in [0.3, 0.4) is 0 Å². The molecule has 2 atom stereocenters. The van der Waals surface area contributed by atoms with Crippen LogP contribution >= 0.6 is 0 Å². The average Bonchev–Trinajstić information content (AvgIpc) is 3.18. The van der Waals surface area contributed by atoms with Crippen LogP contribution in [-0.2, 0) is 23.8 Å². The molecule has 9 heteroatoms. The first-order valence-electron chi connectivity index (χ1n) is 11.2. The minimum atomic E-state index is -1.13. The SMILES string of the molecule is COC(CCNC(=O)OCC1c2ccccc2-c2ccccc21)C(=O)N1CCOCC1C(=O)O. The topological polar surface area (TPSA) is 114 Å². The maximum absolute atomic E-state index is 12.8. The summed E-state index contributed by atoms with van der Waals surface area (Å²) in [5.41, 5.74) is 4.55. The second kappa shape index (κ2) is 10.7. The lowest BCUT2D eigenvalue weighted by atomic mass is 9.98. The quantitative estimate of drug-likeness (QED) is 0.611. The Morgan fingerprint density at radius 1 is 1.12 bits per heavy atom. The number of carboxylic acid groups (broad SMARTS) is 1. The molecule has 4 rings (SSSR count). The number of amides is 2. The van der Waals surface area contributed by atoms with Crippen molar-refractivity contribution in [2.45, 2.75) is 24.5 Å². The van der Waals surface area contributed by atoms with Crippen molar-refractivity contribution in [2.75, 3.05) is 40.0 Å². The number of morpholine rings is 1. The first-order chi connectivity index (χ1) is 16.5. The third-order valence-corrected chi connectivity index (χ3v) is 6.28. The molecule has 2 aromatic carbocycles. The summed E-state index contributed by atoms with van der Waals surface area (Å²) >= 11 is 0. The third kappa shape index (κ3) is 4.90. The largest absolute Gasteiger partial charge is 0.480 e. The van der Waals surface area contributed by atoms with E-state index in [0.29, 0.717) is 0 Å². The number of aliphatic carboxylic acids is 1. The van der Waals surface area contributed by atoms with E-state index in [1.54, 1.807) is 0 Å². The van der Waals surface area contributed by atoms with E-state index in [0.717, 1.165) is 22.3 Å². The molecule has 1 aliphatic heterocycles. The molecule has 2 aliphatic rings.